The summed E-state index contributed by atoms with van der Waals surface area (Å²) in [7, 11) is -1.75. The molecule has 18 heavy (non-hydrogen) atoms. The van der Waals surface area contributed by atoms with Gasteiger partial charge in [0.15, 0.2) is 8.32 Å². The van der Waals surface area contributed by atoms with Crippen molar-refractivity contribution in [1.82, 2.24) is 4.98 Å². The lowest BCUT2D eigenvalue weighted by molar-refractivity contribution is 0.276. The number of pyridine rings is 1. The smallest absolute Gasteiger partial charge is 0.192 e. The van der Waals surface area contributed by atoms with E-state index in [0.717, 1.165) is 5.56 Å². The average Bonchev–Trinajstić information content (AvgIpc) is 2.26. The monoisotopic (exact) mass is 264 g/mol. The maximum atomic E-state index is 8.38. The summed E-state index contributed by atoms with van der Waals surface area (Å²) in [5.41, 5.74) is 9.84. The van der Waals surface area contributed by atoms with Gasteiger partial charge in [-0.3, -0.25) is 4.98 Å². The Kier molecular flexibility index (Phi) is 4.51. The molecule has 0 aliphatic carbocycles. The van der Waals surface area contributed by atoms with E-state index in [9.17, 15) is 0 Å². The molecule has 0 atom stereocenters. The van der Waals surface area contributed by atoms with Gasteiger partial charge in [0, 0.05) is 17.3 Å². The third-order valence-electron chi connectivity index (χ3n) is 3.35. The first-order valence-electron chi connectivity index (χ1n) is 5.89. The molecule has 0 aliphatic heterocycles. The minimum atomic E-state index is -1.75. The molecule has 1 heterocycles. The molecule has 0 spiro atoms. The van der Waals surface area contributed by atoms with E-state index in [1.165, 1.54) is 6.20 Å². The van der Waals surface area contributed by atoms with Gasteiger partial charge < -0.3 is 4.43 Å². The average molecular weight is 264 g/mol. The summed E-state index contributed by atoms with van der Waals surface area (Å²) in [6, 6.07) is 1.81. The van der Waals surface area contributed by atoms with Gasteiger partial charge in [-0.05, 0) is 35.3 Å². The molecule has 5 nitrogen and oxygen atoms in total. The Morgan fingerprint density at radius 1 is 1.39 bits per heavy atom. The van der Waals surface area contributed by atoms with Gasteiger partial charge >= 0.3 is 0 Å². The standard InChI is InChI=1S/C12H20N4OSi/c1-12(2,3)18(4,5)17-9-10-6-11(15-16-13)8-14-7-10/h6-8H,9H2,1-5H3. The topological polar surface area (TPSA) is 70.9 Å². The van der Waals surface area contributed by atoms with Crippen LogP contribution >= 0.6 is 0 Å². The third kappa shape index (κ3) is 3.84. The zero-order valence-corrected chi connectivity index (χ0v) is 12.6. The molecule has 1 rings (SSSR count). The van der Waals surface area contributed by atoms with Crippen LogP contribution in [0.1, 0.15) is 26.3 Å². The lowest BCUT2D eigenvalue weighted by Crippen LogP contribution is -2.40. The molecule has 0 bridgehead atoms. The van der Waals surface area contributed by atoms with Crippen LogP contribution in [0.2, 0.25) is 18.1 Å². The minimum absolute atomic E-state index is 0.183. The number of rotatable bonds is 4. The fourth-order valence-corrected chi connectivity index (χ4v) is 2.10. The van der Waals surface area contributed by atoms with Crippen LogP contribution in [0.4, 0.5) is 5.69 Å². The second kappa shape index (κ2) is 5.52. The van der Waals surface area contributed by atoms with Gasteiger partial charge in [0.1, 0.15) is 0 Å². The SMILES string of the molecule is CC(C)(C)[Si](C)(C)OCc1cncc(N=[N+]=[N-])c1. The summed E-state index contributed by atoms with van der Waals surface area (Å²) in [6.07, 6.45) is 3.28. The van der Waals surface area contributed by atoms with Gasteiger partial charge in [-0.2, -0.15) is 0 Å². The highest BCUT2D eigenvalue weighted by Crippen LogP contribution is 2.37. The van der Waals surface area contributed by atoms with Crippen molar-refractivity contribution in [2.24, 2.45) is 5.11 Å². The van der Waals surface area contributed by atoms with Crippen molar-refractivity contribution in [2.45, 2.75) is 45.5 Å². The second-order valence-corrected chi connectivity index (χ2v) is 10.6. The largest absolute Gasteiger partial charge is 0.413 e. The van der Waals surface area contributed by atoms with Gasteiger partial charge in [-0.1, -0.05) is 25.9 Å². The fourth-order valence-electron chi connectivity index (χ4n) is 1.14. The number of hydrogen-bond acceptors (Lipinski definition) is 3. The number of hydrogen-bond donors (Lipinski definition) is 0. The van der Waals surface area contributed by atoms with E-state index in [2.05, 4.69) is 48.9 Å². The first kappa shape index (κ1) is 14.7. The molecule has 0 radical (unpaired) electrons. The maximum Gasteiger partial charge on any atom is 0.192 e. The first-order valence-corrected chi connectivity index (χ1v) is 8.80. The number of aromatic nitrogens is 1. The molecule has 1 aromatic rings. The van der Waals surface area contributed by atoms with Crippen LogP contribution in [0.3, 0.4) is 0 Å². The van der Waals surface area contributed by atoms with E-state index in [4.69, 9.17) is 9.96 Å². The fraction of sp³-hybridized carbons (Fsp3) is 0.583. The van der Waals surface area contributed by atoms with E-state index in [-0.39, 0.29) is 5.04 Å². The van der Waals surface area contributed by atoms with Gasteiger partial charge in [-0.25, -0.2) is 0 Å². The minimum Gasteiger partial charge on any atom is -0.413 e. The Hall–Kier alpha value is -1.36. The highest BCUT2D eigenvalue weighted by atomic mass is 28.4. The molecule has 0 unspecified atom stereocenters. The Balaban J connectivity index is 2.75. The summed E-state index contributed by atoms with van der Waals surface area (Å²) in [4.78, 5) is 6.78. The van der Waals surface area contributed by atoms with Crippen molar-refractivity contribution < 1.29 is 4.43 Å². The van der Waals surface area contributed by atoms with Crippen molar-refractivity contribution in [3.63, 3.8) is 0 Å². The molecule has 1 aromatic heterocycles. The maximum absolute atomic E-state index is 8.38. The third-order valence-corrected chi connectivity index (χ3v) is 7.82. The summed E-state index contributed by atoms with van der Waals surface area (Å²) < 4.78 is 6.08. The molecule has 0 aromatic carbocycles. The molecule has 98 valence electrons. The number of azide groups is 1. The highest BCUT2D eigenvalue weighted by molar-refractivity contribution is 6.74. The summed E-state index contributed by atoms with van der Waals surface area (Å²) in [6.45, 7) is 11.5. The molecule has 0 amide bonds. The van der Waals surface area contributed by atoms with Crippen molar-refractivity contribution in [1.29, 1.82) is 0 Å². The van der Waals surface area contributed by atoms with Crippen molar-refractivity contribution >= 4 is 14.0 Å². The van der Waals surface area contributed by atoms with Gasteiger partial charge in [0.2, 0.25) is 0 Å². The quantitative estimate of drug-likeness (QED) is 0.346. The molecule has 0 aliphatic rings. The van der Waals surface area contributed by atoms with Gasteiger partial charge in [0.05, 0.1) is 12.3 Å². The van der Waals surface area contributed by atoms with E-state index < -0.39 is 8.32 Å². The van der Waals surface area contributed by atoms with E-state index in [0.29, 0.717) is 12.3 Å². The number of nitrogens with zero attached hydrogens (tertiary/aromatic N) is 4. The Morgan fingerprint density at radius 2 is 2.06 bits per heavy atom. The molecule has 0 saturated heterocycles. The molecule has 0 fully saturated rings. The Labute approximate surface area is 109 Å². The molecular weight excluding hydrogens is 244 g/mol. The van der Waals surface area contributed by atoms with Crippen molar-refractivity contribution in [3.8, 4) is 0 Å². The molecule has 6 heteroatoms. The summed E-state index contributed by atoms with van der Waals surface area (Å²) >= 11 is 0. The summed E-state index contributed by atoms with van der Waals surface area (Å²) in [5, 5.41) is 3.72. The lowest BCUT2D eigenvalue weighted by atomic mass is 10.2. The van der Waals surface area contributed by atoms with E-state index in [1.807, 2.05) is 0 Å². The van der Waals surface area contributed by atoms with Crippen molar-refractivity contribution in [2.75, 3.05) is 0 Å². The molecule has 0 N–H and O–H groups in total. The molecule has 0 saturated carbocycles. The second-order valence-electron chi connectivity index (χ2n) is 5.79. The van der Waals surface area contributed by atoms with Gasteiger partial charge in [-0.15, -0.1) is 0 Å². The van der Waals surface area contributed by atoms with Crippen molar-refractivity contribution in [3.05, 3.63) is 34.5 Å². The van der Waals surface area contributed by atoms with Crippen LogP contribution in [0, 0.1) is 0 Å². The lowest BCUT2D eigenvalue weighted by Gasteiger charge is -2.36. The van der Waals surface area contributed by atoms with Crippen LogP contribution in [-0.4, -0.2) is 13.3 Å². The van der Waals surface area contributed by atoms with Gasteiger partial charge in [0.25, 0.3) is 0 Å². The Morgan fingerprint density at radius 3 is 2.61 bits per heavy atom. The first-order chi connectivity index (χ1) is 8.26. The highest BCUT2D eigenvalue weighted by Gasteiger charge is 2.36. The van der Waals surface area contributed by atoms with Crippen LogP contribution < -0.4 is 0 Å². The van der Waals surface area contributed by atoms with E-state index >= 15 is 0 Å². The predicted octanol–water partition coefficient (Wildman–Crippen LogP) is 4.55. The predicted molar refractivity (Wildman–Crippen MR) is 75.0 cm³/mol. The molecular formula is C12H20N4OSi. The van der Waals surface area contributed by atoms with Crippen LogP contribution in [0.15, 0.2) is 23.6 Å². The van der Waals surface area contributed by atoms with Crippen LogP contribution in [0.5, 0.6) is 0 Å². The van der Waals surface area contributed by atoms with Crippen LogP contribution in [-0.2, 0) is 11.0 Å². The zero-order chi connectivity index (χ0) is 13.8. The van der Waals surface area contributed by atoms with Crippen LogP contribution in [0.25, 0.3) is 10.4 Å². The van der Waals surface area contributed by atoms with E-state index in [1.54, 1.807) is 12.3 Å². The summed E-state index contributed by atoms with van der Waals surface area (Å²) in [5.74, 6) is 0. The Bertz CT molecular complexity index is 461. The zero-order valence-electron chi connectivity index (χ0n) is 11.6. The normalized spacial score (nSPS) is 12.1.